The van der Waals surface area contributed by atoms with Crippen LogP contribution in [-0.2, 0) is 0 Å². The molecule has 3 nitrogen and oxygen atoms in total. The zero-order valence-corrected chi connectivity index (χ0v) is 14.0. The van der Waals surface area contributed by atoms with Crippen LogP contribution in [0, 0.1) is 12.7 Å². The average Bonchev–Trinajstić information content (AvgIpc) is 2.94. The zero-order valence-electron chi connectivity index (χ0n) is 10.9. The number of aryl methyl sites for hydroxylation is 1. The molecule has 2 aromatic heterocycles. The average molecular weight is 387 g/mol. The van der Waals surface area contributed by atoms with Crippen molar-refractivity contribution >= 4 is 44.7 Å². The van der Waals surface area contributed by atoms with Crippen LogP contribution in [-0.4, -0.2) is 10.2 Å². The summed E-state index contributed by atoms with van der Waals surface area (Å²) < 4.78 is 15.2. The van der Waals surface area contributed by atoms with E-state index >= 15 is 0 Å². The summed E-state index contributed by atoms with van der Waals surface area (Å²) in [5, 5.41) is 7.18. The Balaban J connectivity index is 2.27. The van der Waals surface area contributed by atoms with E-state index in [-0.39, 0.29) is 11.4 Å². The molecule has 7 heteroatoms. The fraction of sp³-hybridized carbons (Fsp3) is 0.0714. The number of hydrogen-bond acceptors (Lipinski definition) is 3. The van der Waals surface area contributed by atoms with Crippen LogP contribution < -0.4 is 5.73 Å². The second kappa shape index (κ2) is 5.44. The lowest BCUT2D eigenvalue weighted by molar-refractivity contribution is 0.631. The van der Waals surface area contributed by atoms with Gasteiger partial charge in [-0.05, 0) is 46.6 Å². The summed E-state index contributed by atoms with van der Waals surface area (Å²) in [5.74, 6) is -0.205. The first-order chi connectivity index (χ1) is 9.99. The van der Waals surface area contributed by atoms with Gasteiger partial charge in [-0.15, -0.1) is 11.3 Å². The van der Waals surface area contributed by atoms with Crippen molar-refractivity contribution in [2.24, 2.45) is 0 Å². The highest BCUT2D eigenvalue weighted by atomic mass is 79.9. The number of aromatic amines is 1. The molecule has 0 amide bonds. The normalized spacial score (nSPS) is 11.0. The molecular weight excluding hydrogens is 377 g/mol. The van der Waals surface area contributed by atoms with Gasteiger partial charge in [0.25, 0.3) is 0 Å². The van der Waals surface area contributed by atoms with E-state index in [4.69, 9.17) is 17.3 Å². The predicted molar refractivity (Wildman–Crippen MR) is 89.2 cm³/mol. The molecule has 0 spiro atoms. The van der Waals surface area contributed by atoms with Crippen molar-refractivity contribution in [2.45, 2.75) is 6.92 Å². The first kappa shape index (κ1) is 14.6. The number of aromatic nitrogens is 2. The van der Waals surface area contributed by atoms with Crippen LogP contribution in [0.3, 0.4) is 0 Å². The van der Waals surface area contributed by atoms with Gasteiger partial charge in [0.2, 0.25) is 0 Å². The summed E-state index contributed by atoms with van der Waals surface area (Å²) in [4.78, 5) is 0.915. The molecule has 0 aliphatic heterocycles. The molecule has 2 heterocycles. The molecule has 3 N–H and O–H groups in total. The smallest absolute Gasteiger partial charge is 0.153 e. The Bertz CT molecular complexity index is 788. The van der Waals surface area contributed by atoms with Crippen molar-refractivity contribution in [3.63, 3.8) is 0 Å². The van der Waals surface area contributed by atoms with Crippen molar-refractivity contribution < 1.29 is 4.39 Å². The first-order valence-electron chi connectivity index (χ1n) is 6.03. The fourth-order valence-electron chi connectivity index (χ4n) is 2.11. The van der Waals surface area contributed by atoms with Gasteiger partial charge in [-0.3, -0.25) is 5.10 Å². The number of nitrogen functional groups attached to an aromatic ring is 1. The summed E-state index contributed by atoms with van der Waals surface area (Å²) in [6, 6.07) is 6.53. The summed E-state index contributed by atoms with van der Waals surface area (Å²) in [6.07, 6.45) is 0. The summed E-state index contributed by atoms with van der Waals surface area (Å²) in [7, 11) is 0. The minimum Gasteiger partial charge on any atom is -0.382 e. The highest BCUT2D eigenvalue weighted by Crippen LogP contribution is 2.43. The van der Waals surface area contributed by atoms with Gasteiger partial charge in [-0.25, -0.2) is 4.39 Å². The first-order valence-corrected chi connectivity index (χ1v) is 8.02. The molecule has 3 aromatic rings. The third-order valence-corrected chi connectivity index (χ3v) is 5.58. The van der Waals surface area contributed by atoms with Gasteiger partial charge >= 0.3 is 0 Å². The van der Waals surface area contributed by atoms with Gasteiger partial charge in [0, 0.05) is 5.56 Å². The molecule has 0 saturated heterocycles. The van der Waals surface area contributed by atoms with Gasteiger partial charge in [0.1, 0.15) is 5.82 Å². The second-order valence-corrected chi connectivity index (χ2v) is 7.30. The quantitative estimate of drug-likeness (QED) is 0.632. The van der Waals surface area contributed by atoms with Gasteiger partial charge in [-0.1, -0.05) is 17.7 Å². The number of halogens is 3. The maximum absolute atomic E-state index is 14.2. The monoisotopic (exact) mass is 385 g/mol. The summed E-state index contributed by atoms with van der Waals surface area (Å²) in [5.41, 5.74) is 8.43. The minimum atomic E-state index is -0.427. The predicted octanol–water partition coefficient (Wildman–Crippen LogP) is 5.25. The SMILES string of the molecule is Cc1cc(-c2[nH]nc(N)c2-c2c(F)cccc2Cl)sc1Br. The van der Waals surface area contributed by atoms with Gasteiger partial charge in [0.05, 0.1) is 24.9 Å². The molecule has 108 valence electrons. The van der Waals surface area contributed by atoms with E-state index in [9.17, 15) is 4.39 Å². The second-order valence-electron chi connectivity index (χ2n) is 4.52. The molecule has 1 aromatic carbocycles. The van der Waals surface area contributed by atoms with Gasteiger partial charge in [0.15, 0.2) is 5.82 Å². The number of hydrogen-bond donors (Lipinski definition) is 2. The van der Waals surface area contributed by atoms with Crippen LogP contribution in [0.4, 0.5) is 10.2 Å². The molecule has 0 atom stereocenters. The van der Waals surface area contributed by atoms with Crippen LogP contribution in [0.1, 0.15) is 5.56 Å². The molecule has 0 saturated carbocycles. The number of nitrogens with one attached hydrogen (secondary N) is 1. The van der Waals surface area contributed by atoms with E-state index in [1.54, 1.807) is 12.1 Å². The number of H-pyrrole nitrogens is 1. The Labute approximate surface area is 138 Å². The lowest BCUT2D eigenvalue weighted by Gasteiger charge is -2.06. The van der Waals surface area contributed by atoms with E-state index in [1.165, 1.54) is 17.4 Å². The number of benzene rings is 1. The number of nitrogens with two attached hydrogens (primary N) is 1. The molecule has 0 unspecified atom stereocenters. The Morgan fingerprint density at radius 1 is 1.38 bits per heavy atom. The molecule has 21 heavy (non-hydrogen) atoms. The van der Waals surface area contributed by atoms with Gasteiger partial charge < -0.3 is 5.73 Å². The summed E-state index contributed by atoms with van der Waals surface area (Å²) >= 11 is 11.2. The van der Waals surface area contributed by atoms with Crippen molar-refractivity contribution in [2.75, 3.05) is 5.73 Å². The van der Waals surface area contributed by atoms with E-state index in [2.05, 4.69) is 26.1 Å². The molecule has 0 aliphatic carbocycles. The van der Waals surface area contributed by atoms with Crippen LogP contribution in [0.15, 0.2) is 28.1 Å². The van der Waals surface area contributed by atoms with Gasteiger partial charge in [-0.2, -0.15) is 5.10 Å². The van der Waals surface area contributed by atoms with Crippen molar-refractivity contribution in [1.82, 2.24) is 10.2 Å². The number of thiophene rings is 1. The molecule has 0 bridgehead atoms. The van der Waals surface area contributed by atoms with Crippen LogP contribution in [0.5, 0.6) is 0 Å². The van der Waals surface area contributed by atoms with Crippen molar-refractivity contribution in [3.05, 3.63) is 44.5 Å². The lowest BCUT2D eigenvalue weighted by Crippen LogP contribution is -1.92. The Morgan fingerprint density at radius 2 is 2.14 bits per heavy atom. The highest BCUT2D eigenvalue weighted by molar-refractivity contribution is 9.11. The Morgan fingerprint density at radius 3 is 2.76 bits per heavy atom. The number of anilines is 1. The van der Waals surface area contributed by atoms with E-state index in [0.717, 1.165) is 14.2 Å². The zero-order chi connectivity index (χ0) is 15.1. The maximum Gasteiger partial charge on any atom is 0.153 e. The lowest BCUT2D eigenvalue weighted by atomic mass is 10.0. The van der Waals surface area contributed by atoms with Crippen LogP contribution in [0.2, 0.25) is 5.02 Å². The Kier molecular flexibility index (Phi) is 3.77. The van der Waals surface area contributed by atoms with E-state index < -0.39 is 5.82 Å². The number of nitrogens with zero attached hydrogens (tertiary/aromatic N) is 1. The third kappa shape index (κ3) is 2.47. The van der Waals surface area contributed by atoms with Crippen molar-refractivity contribution in [3.8, 4) is 21.7 Å². The van der Waals surface area contributed by atoms with E-state index in [1.807, 2.05) is 13.0 Å². The molecule has 0 radical (unpaired) electrons. The fourth-order valence-corrected chi connectivity index (χ4v) is 3.90. The molecule has 0 fully saturated rings. The standard InChI is InChI=1S/C14H10BrClFN3S/c1-6-5-9(21-13(6)15)12-11(14(18)20-19-12)10-7(16)3-2-4-8(10)17/h2-5H,1H3,(H3,18,19,20). The van der Waals surface area contributed by atoms with Crippen LogP contribution in [0.25, 0.3) is 21.7 Å². The third-order valence-electron chi connectivity index (χ3n) is 3.11. The van der Waals surface area contributed by atoms with E-state index in [0.29, 0.717) is 16.3 Å². The summed E-state index contributed by atoms with van der Waals surface area (Å²) in [6.45, 7) is 1.99. The van der Waals surface area contributed by atoms with Crippen molar-refractivity contribution in [1.29, 1.82) is 0 Å². The minimum absolute atomic E-state index is 0.221. The molecular formula is C14H10BrClFN3S. The number of rotatable bonds is 2. The molecule has 3 rings (SSSR count). The largest absolute Gasteiger partial charge is 0.382 e. The van der Waals surface area contributed by atoms with Crippen LogP contribution >= 0.6 is 38.9 Å². The Hall–Kier alpha value is -1.37. The highest BCUT2D eigenvalue weighted by Gasteiger charge is 2.21. The maximum atomic E-state index is 14.2. The molecule has 0 aliphatic rings. The topological polar surface area (TPSA) is 54.7 Å².